The van der Waals surface area contributed by atoms with Gasteiger partial charge in [0.25, 0.3) is 0 Å². The Morgan fingerprint density at radius 3 is 2.40 bits per heavy atom. The smallest absolute Gasteiger partial charge is 0.216 e. The standard InChI is InChI=1S/C21H32N4O2S2.HI/c1-5-22-21(23-12-17(4)19-10-11-28-14-19)24-13-18-8-6-7-9-20(18)15-29(26,27)25-16(2)3;/h6-11,14,16-17,25H,5,12-13,15H2,1-4H3,(H2,22,23,24);1H. The highest BCUT2D eigenvalue weighted by Gasteiger charge is 2.15. The molecular weight excluding hydrogens is 531 g/mol. The van der Waals surface area contributed by atoms with Gasteiger partial charge in [-0.2, -0.15) is 11.3 Å². The number of rotatable bonds is 10. The zero-order valence-electron chi connectivity index (χ0n) is 18.0. The van der Waals surface area contributed by atoms with Gasteiger partial charge in [-0.25, -0.2) is 18.1 Å². The predicted octanol–water partition coefficient (Wildman–Crippen LogP) is 4.05. The number of nitrogens with one attached hydrogen (secondary N) is 3. The zero-order valence-corrected chi connectivity index (χ0v) is 22.0. The first-order valence-electron chi connectivity index (χ1n) is 9.91. The summed E-state index contributed by atoms with van der Waals surface area (Å²) in [5.74, 6) is 1.06. The maximum atomic E-state index is 12.3. The van der Waals surface area contributed by atoms with Gasteiger partial charge in [-0.3, -0.25) is 0 Å². The van der Waals surface area contributed by atoms with E-state index in [1.807, 2.05) is 45.0 Å². The Hall–Kier alpha value is -1.17. The Labute approximate surface area is 202 Å². The maximum Gasteiger partial charge on any atom is 0.216 e. The molecule has 2 aromatic rings. The molecule has 1 unspecified atom stereocenters. The van der Waals surface area contributed by atoms with Crippen LogP contribution in [0, 0.1) is 0 Å². The van der Waals surface area contributed by atoms with Crippen molar-refractivity contribution in [2.24, 2.45) is 4.99 Å². The van der Waals surface area contributed by atoms with Crippen molar-refractivity contribution in [2.45, 2.75) is 52.0 Å². The van der Waals surface area contributed by atoms with Gasteiger partial charge in [0.1, 0.15) is 0 Å². The summed E-state index contributed by atoms with van der Waals surface area (Å²) in [6, 6.07) is 9.57. The van der Waals surface area contributed by atoms with Crippen LogP contribution in [0.15, 0.2) is 46.1 Å². The third kappa shape index (κ3) is 9.32. The van der Waals surface area contributed by atoms with E-state index in [0.717, 1.165) is 30.2 Å². The molecule has 1 heterocycles. The van der Waals surface area contributed by atoms with Crippen molar-refractivity contribution in [1.29, 1.82) is 0 Å². The fourth-order valence-corrected chi connectivity index (χ4v) is 5.16. The van der Waals surface area contributed by atoms with E-state index in [4.69, 9.17) is 0 Å². The third-order valence-corrected chi connectivity index (χ3v) is 6.54. The SMILES string of the molecule is CCNC(=NCc1ccccc1CS(=O)(=O)NC(C)C)NCC(C)c1ccsc1.I. The van der Waals surface area contributed by atoms with Crippen LogP contribution in [0.5, 0.6) is 0 Å². The fourth-order valence-electron chi connectivity index (χ4n) is 2.89. The van der Waals surface area contributed by atoms with Crippen LogP contribution in [0.2, 0.25) is 0 Å². The first-order chi connectivity index (χ1) is 13.8. The molecule has 0 amide bonds. The van der Waals surface area contributed by atoms with Crippen LogP contribution < -0.4 is 15.4 Å². The molecule has 1 atom stereocenters. The van der Waals surface area contributed by atoms with Gasteiger partial charge in [0.05, 0.1) is 12.3 Å². The lowest BCUT2D eigenvalue weighted by molar-refractivity contribution is 0.569. The second-order valence-electron chi connectivity index (χ2n) is 7.33. The monoisotopic (exact) mass is 564 g/mol. The van der Waals surface area contributed by atoms with Crippen LogP contribution >= 0.6 is 35.3 Å². The first kappa shape index (κ1) is 26.9. The molecule has 2 rings (SSSR count). The first-order valence-corrected chi connectivity index (χ1v) is 12.5. The third-order valence-electron chi connectivity index (χ3n) is 4.32. The van der Waals surface area contributed by atoms with Crippen molar-refractivity contribution in [3.8, 4) is 0 Å². The van der Waals surface area contributed by atoms with Crippen LogP contribution in [-0.4, -0.2) is 33.5 Å². The van der Waals surface area contributed by atoms with Gasteiger partial charge in [-0.1, -0.05) is 31.2 Å². The molecule has 0 bridgehead atoms. The average molecular weight is 565 g/mol. The molecule has 1 aromatic heterocycles. The number of hydrogen-bond acceptors (Lipinski definition) is 4. The highest BCUT2D eigenvalue weighted by atomic mass is 127. The molecule has 0 saturated carbocycles. The van der Waals surface area contributed by atoms with Gasteiger partial charge in [0.15, 0.2) is 5.96 Å². The number of halogens is 1. The molecule has 0 spiro atoms. The van der Waals surface area contributed by atoms with Gasteiger partial charge in [-0.05, 0) is 60.2 Å². The number of thiophene rings is 1. The average Bonchev–Trinajstić information content (AvgIpc) is 3.18. The lowest BCUT2D eigenvalue weighted by Gasteiger charge is -2.16. The number of nitrogens with zero attached hydrogens (tertiary/aromatic N) is 1. The second kappa shape index (κ2) is 13.3. The van der Waals surface area contributed by atoms with E-state index >= 15 is 0 Å². The number of benzene rings is 1. The quantitative estimate of drug-likeness (QED) is 0.231. The highest BCUT2D eigenvalue weighted by molar-refractivity contribution is 14.0. The molecule has 0 saturated heterocycles. The fraction of sp³-hybridized carbons (Fsp3) is 0.476. The van der Waals surface area contributed by atoms with E-state index in [-0.39, 0.29) is 35.8 Å². The largest absolute Gasteiger partial charge is 0.357 e. The lowest BCUT2D eigenvalue weighted by atomic mass is 10.1. The Balaban J connectivity index is 0.00000450. The van der Waals surface area contributed by atoms with Gasteiger partial charge in [-0.15, -0.1) is 24.0 Å². The summed E-state index contributed by atoms with van der Waals surface area (Å²) in [7, 11) is -3.38. The van der Waals surface area contributed by atoms with Crippen molar-refractivity contribution in [1.82, 2.24) is 15.4 Å². The molecule has 0 aliphatic heterocycles. The van der Waals surface area contributed by atoms with Gasteiger partial charge < -0.3 is 10.6 Å². The van der Waals surface area contributed by atoms with Crippen molar-refractivity contribution < 1.29 is 8.42 Å². The Kier molecular flexibility index (Phi) is 11.9. The topological polar surface area (TPSA) is 82.6 Å². The van der Waals surface area contributed by atoms with Gasteiger partial charge in [0, 0.05) is 19.1 Å². The summed E-state index contributed by atoms with van der Waals surface area (Å²) in [5, 5.41) is 10.9. The van der Waals surface area contributed by atoms with Crippen LogP contribution in [0.25, 0.3) is 0 Å². The minimum absolute atomic E-state index is 0. The molecule has 0 fully saturated rings. The summed E-state index contributed by atoms with van der Waals surface area (Å²) >= 11 is 1.70. The molecular formula is C21H33IN4O2S2. The van der Waals surface area contributed by atoms with E-state index in [0.29, 0.717) is 12.5 Å². The lowest BCUT2D eigenvalue weighted by Crippen LogP contribution is -2.39. The zero-order chi connectivity index (χ0) is 21.3. The van der Waals surface area contributed by atoms with Gasteiger partial charge in [0.2, 0.25) is 10.0 Å². The summed E-state index contributed by atoms with van der Waals surface area (Å²) in [5.41, 5.74) is 2.99. The summed E-state index contributed by atoms with van der Waals surface area (Å²) in [6.07, 6.45) is 0. The molecule has 6 nitrogen and oxygen atoms in total. The van der Waals surface area contributed by atoms with Crippen LogP contribution in [-0.2, 0) is 22.3 Å². The van der Waals surface area contributed by atoms with E-state index in [1.54, 1.807) is 11.3 Å². The number of hydrogen-bond donors (Lipinski definition) is 3. The van der Waals surface area contributed by atoms with Crippen molar-refractivity contribution >= 4 is 51.3 Å². The molecule has 0 aliphatic carbocycles. The molecule has 3 N–H and O–H groups in total. The summed E-state index contributed by atoms with van der Waals surface area (Å²) < 4.78 is 27.3. The molecule has 168 valence electrons. The van der Waals surface area contributed by atoms with Crippen LogP contribution in [0.3, 0.4) is 0 Å². The number of aliphatic imine (C=N–C) groups is 1. The molecule has 9 heteroatoms. The van der Waals surface area contributed by atoms with E-state index < -0.39 is 10.0 Å². The van der Waals surface area contributed by atoms with E-state index in [1.165, 1.54) is 5.56 Å². The Bertz CT molecular complexity index is 884. The summed E-state index contributed by atoms with van der Waals surface area (Å²) in [6.45, 7) is 9.79. The van der Waals surface area contributed by atoms with Crippen molar-refractivity contribution in [3.63, 3.8) is 0 Å². The normalized spacial score (nSPS) is 13.0. The number of sulfonamides is 1. The molecule has 30 heavy (non-hydrogen) atoms. The molecule has 0 radical (unpaired) electrons. The highest BCUT2D eigenvalue weighted by Crippen LogP contribution is 2.17. The maximum absolute atomic E-state index is 12.3. The second-order valence-corrected chi connectivity index (χ2v) is 9.87. The Morgan fingerprint density at radius 2 is 1.80 bits per heavy atom. The molecule has 0 aliphatic rings. The van der Waals surface area contributed by atoms with Crippen molar-refractivity contribution in [2.75, 3.05) is 13.1 Å². The van der Waals surface area contributed by atoms with Crippen LogP contribution in [0.1, 0.15) is 50.3 Å². The Morgan fingerprint density at radius 1 is 1.10 bits per heavy atom. The number of guanidine groups is 1. The van der Waals surface area contributed by atoms with Gasteiger partial charge >= 0.3 is 0 Å². The van der Waals surface area contributed by atoms with Crippen LogP contribution in [0.4, 0.5) is 0 Å². The summed E-state index contributed by atoms with van der Waals surface area (Å²) in [4.78, 5) is 4.67. The van der Waals surface area contributed by atoms with E-state index in [9.17, 15) is 8.42 Å². The minimum Gasteiger partial charge on any atom is -0.357 e. The predicted molar refractivity (Wildman–Crippen MR) is 138 cm³/mol. The molecule has 1 aromatic carbocycles. The van der Waals surface area contributed by atoms with E-state index in [2.05, 4.69) is 44.1 Å². The van der Waals surface area contributed by atoms with Crippen molar-refractivity contribution in [3.05, 3.63) is 57.8 Å². The minimum atomic E-state index is -3.38.